The van der Waals surface area contributed by atoms with E-state index in [0.717, 1.165) is 45.4 Å². The number of fused-ring (bicyclic) bond motifs is 6. The molecule has 3 aliphatic heterocycles. The first-order chi connectivity index (χ1) is 20.7. The minimum atomic E-state index is -0.614. The van der Waals surface area contributed by atoms with Crippen molar-refractivity contribution in [3.8, 4) is 22.9 Å². The van der Waals surface area contributed by atoms with Crippen LogP contribution in [0.3, 0.4) is 0 Å². The van der Waals surface area contributed by atoms with Gasteiger partial charge in [-0.05, 0) is 55.4 Å². The van der Waals surface area contributed by atoms with Crippen LogP contribution in [0.2, 0.25) is 0 Å². The van der Waals surface area contributed by atoms with E-state index in [4.69, 9.17) is 19.2 Å². The van der Waals surface area contributed by atoms with Crippen molar-refractivity contribution in [2.24, 2.45) is 5.92 Å². The molecule has 5 heterocycles. The van der Waals surface area contributed by atoms with Gasteiger partial charge in [0, 0.05) is 35.9 Å². The predicted octanol–water partition coefficient (Wildman–Crippen LogP) is 4.29. The fourth-order valence-electron chi connectivity index (χ4n) is 6.36. The van der Waals surface area contributed by atoms with E-state index >= 15 is 0 Å². The highest BCUT2D eigenvalue weighted by Crippen LogP contribution is 2.43. The SMILES string of the molecule is C=C1OCc2c(cc3n(c2=O)Cc2c-3nc3cc4c(cc3c2CCCNC(=O)C(C)NC(=O)CC(C)C)OCO4)C1CC. The molecule has 1 aromatic carbocycles. The molecule has 0 fully saturated rings. The largest absolute Gasteiger partial charge is 0.493 e. The van der Waals surface area contributed by atoms with Crippen LogP contribution < -0.4 is 25.7 Å². The maximum Gasteiger partial charge on any atom is 0.258 e. The summed E-state index contributed by atoms with van der Waals surface area (Å²) in [7, 11) is 0. The van der Waals surface area contributed by atoms with Crippen molar-refractivity contribution in [3.63, 3.8) is 0 Å². The number of carbonyl (C=O) groups excluding carboxylic acids is 2. The Labute approximate surface area is 250 Å². The number of ether oxygens (including phenoxy) is 3. The van der Waals surface area contributed by atoms with E-state index in [1.165, 1.54) is 0 Å². The first-order valence-electron chi connectivity index (χ1n) is 15.1. The zero-order valence-corrected chi connectivity index (χ0v) is 25.2. The molecular weight excluding hydrogens is 548 g/mol. The van der Waals surface area contributed by atoms with Crippen LogP contribution in [-0.2, 0) is 33.9 Å². The van der Waals surface area contributed by atoms with Crippen LogP contribution in [0.15, 0.2) is 35.3 Å². The number of rotatable bonds is 9. The fourth-order valence-corrected chi connectivity index (χ4v) is 6.36. The number of pyridine rings is 2. The standard InChI is InChI=1S/C33H38N4O6/c1-6-20-19(5)41-15-25-22(20)11-27-31-24(14-37(27)33(25)40)21(23-12-28-29(43-16-42-28)13-26(23)36-31)8-7-9-34-32(39)18(4)35-30(38)10-17(2)3/h11-13,17-18,20H,5-10,14-16H2,1-4H3,(H,34,39)(H,35,38). The number of hydrogen-bond donors (Lipinski definition) is 2. The molecule has 0 saturated heterocycles. The highest BCUT2D eigenvalue weighted by Gasteiger charge is 2.33. The Morgan fingerprint density at radius 2 is 1.88 bits per heavy atom. The summed E-state index contributed by atoms with van der Waals surface area (Å²) in [5.74, 6) is 1.83. The molecule has 2 aromatic heterocycles. The average molecular weight is 587 g/mol. The maximum absolute atomic E-state index is 13.8. The molecule has 43 heavy (non-hydrogen) atoms. The van der Waals surface area contributed by atoms with Crippen LogP contribution in [0.4, 0.5) is 0 Å². The highest BCUT2D eigenvalue weighted by molar-refractivity contribution is 5.91. The fraction of sp³-hybridized carbons (Fsp3) is 0.455. The zero-order valence-electron chi connectivity index (χ0n) is 25.2. The second-order valence-corrected chi connectivity index (χ2v) is 12.0. The van der Waals surface area contributed by atoms with Crippen molar-refractivity contribution in [2.45, 2.75) is 78.5 Å². The van der Waals surface area contributed by atoms with Crippen molar-refractivity contribution in [3.05, 3.63) is 63.1 Å². The van der Waals surface area contributed by atoms with Gasteiger partial charge in [-0.15, -0.1) is 0 Å². The molecule has 0 radical (unpaired) electrons. The molecule has 0 aliphatic carbocycles. The number of nitrogens with one attached hydrogen (secondary N) is 2. The maximum atomic E-state index is 13.8. The monoisotopic (exact) mass is 586 g/mol. The molecule has 2 N–H and O–H groups in total. The Kier molecular flexibility index (Phi) is 7.62. The number of benzene rings is 1. The Morgan fingerprint density at radius 3 is 2.63 bits per heavy atom. The first-order valence-corrected chi connectivity index (χ1v) is 15.1. The van der Waals surface area contributed by atoms with Crippen molar-refractivity contribution in [1.82, 2.24) is 20.2 Å². The van der Waals surface area contributed by atoms with Gasteiger partial charge in [0.05, 0.1) is 34.8 Å². The molecule has 10 nitrogen and oxygen atoms in total. The summed E-state index contributed by atoms with van der Waals surface area (Å²) in [5.41, 5.74) is 6.02. The molecule has 2 atom stereocenters. The lowest BCUT2D eigenvalue weighted by Crippen LogP contribution is -2.45. The topological polar surface area (TPSA) is 121 Å². The number of allylic oxidation sites excluding steroid dienone is 1. The number of nitrogens with zero attached hydrogens (tertiary/aromatic N) is 2. The quantitative estimate of drug-likeness (QED) is 0.281. The Hall–Kier alpha value is -4.34. The molecule has 0 spiro atoms. The van der Waals surface area contributed by atoms with Crippen LogP contribution in [0.25, 0.3) is 22.3 Å². The highest BCUT2D eigenvalue weighted by atomic mass is 16.7. The Balaban J connectivity index is 1.30. The third kappa shape index (κ3) is 5.23. The molecular formula is C33H38N4O6. The van der Waals surface area contributed by atoms with Gasteiger partial charge in [-0.1, -0.05) is 27.4 Å². The van der Waals surface area contributed by atoms with Gasteiger partial charge in [0.1, 0.15) is 12.6 Å². The van der Waals surface area contributed by atoms with E-state index in [1.54, 1.807) is 11.5 Å². The molecule has 6 rings (SSSR count). The van der Waals surface area contributed by atoms with Gasteiger partial charge in [0.15, 0.2) is 11.5 Å². The van der Waals surface area contributed by atoms with Gasteiger partial charge in [-0.3, -0.25) is 14.4 Å². The van der Waals surface area contributed by atoms with Crippen molar-refractivity contribution < 1.29 is 23.8 Å². The molecule has 3 aromatic rings. The van der Waals surface area contributed by atoms with E-state index in [2.05, 4.69) is 30.2 Å². The summed E-state index contributed by atoms with van der Waals surface area (Å²) >= 11 is 0. The smallest absolute Gasteiger partial charge is 0.258 e. The third-order valence-corrected chi connectivity index (χ3v) is 8.53. The lowest BCUT2D eigenvalue weighted by Gasteiger charge is -2.27. The predicted molar refractivity (Wildman–Crippen MR) is 162 cm³/mol. The van der Waals surface area contributed by atoms with Gasteiger partial charge in [-0.25, -0.2) is 4.98 Å². The Bertz CT molecular complexity index is 1710. The van der Waals surface area contributed by atoms with E-state index in [9.17, 15) is 14.4 Å². The first kappa shape index (κ1) is 28.8. The van der Waals surface area contributed by atoms with Gasteiger partial charge in [0.25, 0.3) is 5.56 Å². The summed E-state index contributed by atoms with van der Waals surface area (Å²) < 4.78 is 18.9. The number of amides is 2. The average Bonchev–Trinajstić information content (AvgIpc) is 3.57. The number of carbonyl (C=O) groups is 2. The minimum Gasteiger partial charge on any atom is -0.493 e. The van der Waals surface area contributed by atoms with E-state index < -0.39 is 6.04 Å². The summed E-state index contributed by atoms with van der Waals surface area (Å²) in [5, 5.41) is 6.67. The molecule has 0 bridgehead atoms. The summed E-state index contributed by atoms with van der Waals surface area (Å²) in [4.78, 5) is 43.6. The van der Waals surface area contributed by atoms with Crippen molar-refractivity contribution in [1.29, 1.82) is 0 Å². The second-order valence-electron chi connectivity index (χ2n) is 12.0. The Morgan fingerprint density at radius 1 is 1.12 bits per heavy atom. The number of hydrogen-bond acceptors (Lipinski definition) is 7. The molecule has 2 unspecified atom stereocenters. The molecule has 226 valence electrons. The second kappa shape index (κ2) is 11.4. The molecule has 3 aliphatic rings. The van der Waals surface area contributed by atoms with Crippen molar-refractivity contribution >= 4 is 22.7 Å². The lowest BCUT2D eigenvalue weighted by molar-refractivity contribution is -0.128. The van der Waals surface area contributed by atoms with E-state index in [-0.39, 0.29) is 42.6 Å². The number of aryl methyl sites for hydroxylation is 1. The summed E-state index contributed by atoms with van der Waals surface area (Å²) in [6, 6.07) is 5.34. The molecule has 2 amide bonds. The van der Waals surface area contributed by atoms with Crippen LogP contribution in [0.5, 0.6) is 11.5 Å². The van der Waals surface area contributed by atoms with E-state index in [1.807, 2.05) is 26.0 Å². The lowest BCUT2D eigenvalue weighted by atomic mass is 9.89. The number of aromatic nitrogens is 2. The minimum absolute atomic E-state index is 0.0405. The van der Waals surface area contributed by atoms with Gasteiger partial charge >= 0.3 is 0 Å². The van der Waals surface area contributed by atoms with Crippen molar-refractivity contribution in [2.75, 3.05) is 13.3 Å². The van der Waals surface area contributed by atoms with Crippen LogP contribution in [0.1, 0.15) is 75.1 Å². The van der Waals surface area contributed by atoms with E-state index in [0.29, 0.717) is 55.2 Å². The summed E-state index contributed by atoms with van der Waals surface area (Å²) in [6.07, 6.45) is 2.47. The molecule has 10 heteroatoms. The van der Waals surface area contributed by atoms with Gasteiger partial charge < -0.3 is 29.4 Å². The molecule has 0 saturated carbocycles. The van der Waals surface area contributed by atoms with Crippen LogP contribution in [-0.4, -0.2) is 40.7 Å². The van der Waals surface area contributed by atoms with Gasteiger partial charge in [0.2, 0.25) is 18.6 Å². The normalized spacial score (nSPS) is 16.9. The third-order valence-electron chi connectivity index (χ3n) is 8.53. The van der Waals surface area contributed by atoms with Crippen LogP contribution in [0, 0.1) is 5.92 Å². The van der Waals surface area contributed by atoms with Crippen LogP contribution >= 0.6 is 0 Å². The van der Waals surface area contributed by atoms with Gasteiger partial charge in [-0.2, -0.15) is 0 Å². The summed E-state index contributed by atoms with van der Waals surface area (Å²) in [6.45, 7) is 13.0. The zero-order chi connectivity index (χ0) is 30.4.